The van der Waals surface area contributed by atoms with Crippen LogP contribution in [0, 0.1) is 6.92 Å². The minimum atomic E-state index is -3.95. The van der Waals surface area contributed by atoms with Crippen molar-refractivity contribution in [3.8, 4) is 5.75 Å². The molecule has 0 radical (unpaired) electrons. The molecule has 0 atom stereocenters. The van der Waals surface area contributed by atoms with E-state index in [2.05, 4.69) is 4.98 Å². The number of ether oxygens (including phenoxy) is 1. The first-order valence-corrected chi connectivity index (χ1v) is 9.29. The van der Waals surface area contributed by atoms with Crippen LogP contribution < -0.4 is 4.18 Å². The van der Waals surface area contributed by atoms with Crippen LogP contribution in [0.4, 0.5) is 0 Å². The highest BCUT2D eigenvalue weighted by molar-refractivity contribution is 7.87. The topological polar surface area (TPSA) is 65.5 Å². The summed E-state index contributed by atoms with van der Waals surface area (Å²) in [4.78, 5) is 4.39. The molecule has 0 spiro atoms. The van der Waals surface area contributed by atoms with Crippen molar-refractivity contribution < 1.29 is 17.3 Å². The predicted molar refractivity (Wildman–Crippen MR) is 96.3 cm³/mol. The van der Waals surface area contributed by atoms with Crippen molar-refractivity contribution in [1.29, 1.82) is 0 Å². The molecule has 0 fully saturated rings. The molecule has 3 rings (SSSR count). The molecule has 25 heavy (non-hydrogen) atoms. The summed E-state index contributed by atoms with van der Waals surface area (Å²) in [5.41, 5.74) is 2.62. The lowest BCUT2D eigenvalue weighted by atomic mass is 10.1. The van der Waals surface area contributed by atoms with Gasteiger partial charge in [-0.15, -0.1) is 0 Å². The Morgan fingerprint density at radius 1 is 1.04 bits per heavy atom. The lowest BCUT2D eigenvalue weighted by Gasteiger charge is -2.11. The summed E-state index contributed by atoms with van der Waals surface area (Å²) in [7, 11) is -2.31. The lowest BCUT2D eigenvalue weighted by Crippen LogP contribution is -2.10. The van der Waals surface area contributed by atoms with Gasteiger partial charge in [0.15, 0.2) is 0 Å². The zero-order valence-electron chi connectivity index (χ0n) is 14.1. The Labute approximate surface area is 147 Å². The maximum atomic E-state index is 12.7. The van der Waals surface area contributed by atoms with Crippen molar-refractivity contribution in [2.24, 2.45) is 0 Å². The van der Waals surface area contributed by atoms with Crippen molar-refractivity contribution >= 4 is 21.0 Å². The molecule has 2 aromatic carbocycles. The average Bonchev–Trinajstić information content (AvgIpc) is 2.61. The standard InChI is InChI=1S/C19H19NO4S/c1-14-5-10-18(17-4-3-12-20-19(14)17)25(21,22)24-16-8-6-15(7-9-16)11-13-23-2/h3-10,12H,11,13H2,1-2H3. The number of aryl methyl sites for hydroxylation is 1. The highest BCUT2D eigenvalue weighted by atomic mass is 32.2. The third-order valence-electron chi connectivity index (χ3n) is 3.92. The lowest BCUT2D eigenvalue weighted by molar-refractivity contribution is 0.202. The van der Waals surface area contributed by atoms with Gasteiger partial charge in [0, 0.05) is 18.7 Å². The Morgan fingerprint density at radius 3 is 2.52 bits per heavy atom. The first-order chi connectivity index (χ1) is 12.0. The second kappa shape index (κ2) is 7.21. The number of hydrogen-bond donors (Lipinski definition) is 0. The van der Waals surface area contributed by atoms with E-state index in [1.165, 1.54) is 0 Å². The summed E-state index contributed by atoms with van der Waals surface area (Å²) in [6.45, 7) is 2.51. The van der Waals surface area contributed by atoms with Gasteiger partial charge in [-0.1, -0.05) is 18.2 Å². The summed E-state index contributed by atoms with van der Waals surface area (Å²) in [6.07, 6.45) is 2.41. The van der Waals surface area contributed by atoms with Gasteiger partial charge in [-0.3, -0.25) is 4.98 Å². The summed E-state index contributed by atoms with van der Waals surface area (Å²) >= 11 is 0. The van der Waals surface area contributed by atoms with E-state index in [-0.39, 0.29) is 10.6 Å². The number of benzene rings is 2. The first kappa shape index (κ1) is 17.4. The second-order valence-corrected chi connectivity index (χ2v) is 7.22. The Hall–Kier alpha value is -2.44. The Morgan fingerprint density at radius 2 is 1.80 bits per heavy atom. The molecule has 0 saturated carbocycles. The van der Waals surface area contributed by atoms with E-state index in [0.717, 1.165) is 17.5 Å². The molecule has 5 nitrogen and oxygen atoms in total. The fourth-order valence-electron chi connectivity index (χ4n) is 2.61. The Balaban J connectivity index is 1.91. The van der Waals surface area contributed by atoms with Crippen molar-refractivity contribution in [3.05, 3.63) is 65.9 Å². The molecule has 0 unspecified atom stereocenters. The van der Waals surface area contributed by atoms with Gasteiger partial charge >= 0.3 is 10.1 Å². The average molecular weight is 357 g/mol. The number of fused-ring (bicyclic) bond motifs is 1. The zero-order valence-corrected chi connectivity index (χ0v) is 14.9. The van der Waals surface area contributed by atoms with Crippen LogP contribution in [0.5, 0.6) is 5.75 Å². The molecule has 0 aliphatic rings. The van der Waals surface area contributed by atoms with Crippen molar-refractivity contribution in [3.63, 3.8) is 0 Å². The molecule has 3 aromatic rings. The molecule has 0 amide bonds. The van der Waals surface area contributed by atoms with Crippen LogP contribution in [-0.2, 0) is 21.3 Å². The molecular weight excluding hydrogens is 338 g/mol. The van der Waals surface area contributed by atoms with Crippen LogP contribution in [0.25, 0.3) is 10.9 Å². The largest absolute Gasteiger partial charge is 0.384 e. The second-order valence-electron chi connectivity index (χ2n) is 5.70. The van der Waals surface area contributed by atoms with E-state index >= 15 is 0 Å². The maximum absolute atomic E-state index is 12.7. The minimum Gasteiger partial charge on any atom is -0.384 e. The van der Waals surface area contributed by atoms with Crippen molar-refractivity contribution in [2.75, 3.05) is 13.7 Å². The Kier molecular flexibility index (Phi) is 5.01. The predicted octanol–water partition coefficient (Wildman–Crippen LogP) is 3.50. The van der Waals surface area contributed by atoms with Gasteiger partial charge in [0.1, 0.15) is 10.6 Å². The smallest absolute Gasteiger partial charge is 0.339 e. The molecule has 0 aliphatic heterocycles. The third kappa shape index (κ3) is 3.81. The quantitative estimate of drug-likeness (QED) is 0.632. The number of aromatic nitrogens is 1. The molecule has 0 bridgehead atoms. The molecule has 130 valence electrons. The molecule has 0 saturated heterocycles. The van der Waals surface area contributed by atoms with Crippen LogP contribution in [0.2, 0.25) is 0 Å². The van der Waals surface area contributed by atoms with Gasteiger partial charge < -0.3 is 8.92 Å². The van der Waals surface area contributed by atoms with E-state index in [0.29, 0.717) is 17.5 Å². The number of nitrogens with zero attached hydrogens (tertiary/aromatic N) is 1. The Bertz CT molecular complexity index is 982. The van der Waals surface area contributed by atoms with Gasteiger partial charge in [0.25, 0.3) is 0 Å². The van der Waals surface area contributed by atoms with Crippen molar-refractivity contribution in [2.45, 2.75) is 18.2 Å². The van der Waals surface area contributed by atoms with Crippen LogP contribution in [-0.4, -0.2) is 27.1 Å². The minimum absolute atomic E-state index is 0.115. The fraction of sp³-hybridized carbons (Fsp3) is 0.211. The number of pyridine rings is 1. The summed E-state index contributed by atoms with van der Waals surface area (Å²) < 4.78 is 35.8. The zero-order chi connectivity index (χ0) is 17.9. The normalized spacial score (nSPS) is 11.6. The maximum Gasteiger partial charge on any atom is 0.339 e. The van der Waals surface area contributed by atoms with Gasteiger partial charge in [-0.25, -0.2) is 0 Å². The van der Waals surface area contributed by atoms with E-state index < -0.39 is 10.1 Å². The highest BCUT2D eigenvalue weighted by Gasteiger charge is 2.20. The van der Waals surface area contributed by atoms with Gasteiger partial charge in [-0.05, 0) is 54.8 Å². The van der Waals surface area contributed by atoms with E-state index in [4.69, 9.17) is 8.92 Å². The third-order valence-corrected chi connectivity index (χ3v) is 5.23. The molecule has 0 N–H and O–H groups in total. The highest BCUT2D eigenvalue weighted by Crippen LogP contribution is 2.27. The van der Waals surface area contributed by atoms with Gasteiger partial charge in [0.05, 0.1) is 12.1 Å². The van der Waals surface area contributed by atoms with Crippen molar-refractivity contribution in [1.82, 2.24) is 4.98 Å². The van der Waals surface area contributed by atoms with Gasteiger partial charge in [-0.2, -0.15) is 8.42 Å². The molecule has 1 heterocycles. The summed E-state index contributed by atoms with van der Waals surface area (Å²) in [5, 5.41) is 0.555. The monoisotopic (exact) mass is 357 g/mol. The molecule has 6 heteroatoms. The van der Waals surface area contributed by atoms with E-state index in [1.807, 2.05) is 19.1 Å². The van der Waals surface area contributed by atoms with E-state index in [1.54, 1.807) is 49.7 Å². The van der Waals surface area contributed by atoms with Crippen LogP contribution in [0.3, 0.4) is 0 Å². The number of methoxy groups -OCH3 is 1. The first-order valence-electron chi connectivity index (χ1n) is 7.88. The van der Waals surface area contributed by atoms with Crippen LogP contribution in [0.15, 0.2) is 59.6 Å². The van der Waals surface area contributed by atoms with Gasteiger partial charge in [0.2, 0.25) is 0 Å². The molecule has 1 aromatic heterocycles. The SMILES string of the molecule is COCCc1ccc(OS(=O)(=O)c2ccc(C)c3ncccc23)cc1. The van der Waals surface area contributed by atoms with Crippen LogP contribution >= 0.6 is 0 Å². The van der Waals surface area contributed by atoms with Crippen LogP contribution in [0.1, 0.15) is 11.1 Å². The molecule has 0 aliphatic carbocycles. The summed E-state index contributed by atoms with van der Waals surface area (Å²) in [6, 6.07) is 13.7. The number of hydrogen-bond acceptors (Lipinski definition) is 5. The van der Waals surface area contributed by atoms with E-state index in [9.17, 15) is 8.42 Å². The summed E-state index contributed by atoms with van der Waals surface area (Å²) in [5.74, 6) is 0.277. The fourth-order valence-corrected chi connectivity index (χ4v) is 3.73. The molecular formula is C19H19NO4S. The number of rotatable bonds is 6.